The Balaban J connectivity index is 1.92. The van der Waals surface area contributed by atoms with Crippen molar-refractivity contribution in [3.63, 3.8) is 0 Å². The SMILES string of the molecule is O=C(CCc1ccco1)Nc1cc(Cl)ccc1Cl. The van der Waals surface area contributed by atoms with E-state index in [2.05, 4.69) is 5.32 Å². The highest BCUT2D eigenvalue weighted by molar-refractivity contribution is 6.35. The van der Waals surface area contributed by atoms with Crippen LogP contribution >= 0.6 is 23.2 Å². The Morgan fingerprint density at radius 1 is 1.28 bits per heavy atom. The highest BCUT2D eigenvalue weighted by atomic mass is 35.5. The number of carbonyl (C=O) groups excluding carboxylic acids is 1. The van der Waals surface area contributed by atoms with Crippen molar-refractivity contribution >= 4 is 34.8 Å². The molecule has 0 radical (unpaired) electrons. The van der Waals surface area contributed by atoms with Crippen molar-refractivity contribution in [2.45, 2.75) is 12.8 Å². The van der Waals surface area contributed by atoms with Crippen LogP contribution in [-0.2, 0) is 11.2 Å². The van der Waals surface area contributed by atoms with Gasteiger partial charge in [0.1, 0.15) is 5.76 Å². The van der Waals surface area contributed by atoms with Crippen molar-refractivity contribution in [3.8, 4) is 0 Å². The van der Waals surface area contributed by atoms with E-state index in [0.29, 0.717) is 28.6 Å². The van der Waals surface area contributed by atoms with Crippen molar-refractivity contribution in [2.75, 3.05) is 5.32 Å². The van der Waals surface area contributed by atoms with E-state index in [0.717, 1.165) is 5.76 Å². The van der Waals surface area contributed by atoms with Gasteiger partial charge < -0.3 is 9.73 Å². The molecule has 2 aromatic rings. The number of furan rings is 1. The summed E-state index contributed by atoms with van der Waals surface area (Å²) < 4.78 is 5.15. The molecular weight excluding hydrogens is 273 g/mol. The summed E-state index contributed by atoms with van der Waals surface area (Å²) >= 11 is 11.8. The number of halogens is 2. The number of hydrogen-bond acceptors (Lipinski definition) is 2. The molecule has 94 valence electrons. The molecule has 1 aromatic heterocycles. The van der Waals surface area contributed by atoms with E-state index in [4.69, 9.17) is 27.6 Å². The largest absolute Gasteiger partial charge is 0.469 e. The number of amides is 1. The highest BCUT2D eigenvalue weighted by Crippen LogP contribution is 2.25. The average Bonchev–Trinajstić information content (AvgIpc) is 2.84. The van der Waals surface area contributed by atoms with Crippen LogP contribution < -0.4 is 5.32 Å². The van der Waals surface area contributed by atoms with Gasteiger partial charge in [0.2, 0.25) is 5.91 Å². The monoisotopic (exact) mass is 283 g/mol. The zero-order valence-corrected chi connectivity index (χ0v) is 11.0. The molecule has 0 aliphatic heterocycles. The second-order valence-corrected chi connectivity index (χ2v) is 4.60. The van der Waals surface area contributed by atoms with Crippen LogP contribution in [0, 0.1) is 0 Å². The Morgan fingerprint density at radius 3 is 2.83 bits per heavy atom. The van der Waals surface area contributed by atoms with E-state index in [-0.39, 0.29) is 5.91 Å². The maximum absolute atomic E-state index is 11.7. The number of hydrogen-bond donors (Lipinski definition) is 1. The molecule has 1 aromatic carbocycles. The van der Waals surface area contributed by atoms with Crippen LogP contribution in [0.25, 0.3) is 0 Å². The minimum Gasteiger partial charge on any atom is -0.469 e. The molecule has 0 unspecified atom stereocenters. The third-order valence-corrected chi connectivity index (χ3v) is 2.95. The van der Waals surface area contributed by atoms with E-state index in [1.807, 2.05) is 6.07 Å². The van der Waals surface area contributed by atoms with Gasteiger partial charge in [-0.3, -0.25) is 4.79 Å². The lowest BCUT2D eigenvalue weighted by Crippen LogP contribution is -2.12. The topological polar surface area (TPSA) is 42.2 Å². The maximum Gasteiger partial charge on any atom is 0.224 e. The summed E-state index contributed by atoms with van der Waals surface area (Å²) in [6, 6.07) is 8.56. The summed E-state index contributed by atoms with van der Waals surface area (Å²) in [6.45, 7) is 0. The van der Waals surface area contributed by atoms with Gasteiger partial charge in [0.25, 0.3) is 0 Å². The number of anilines is 1. The van der Waals surface area contributed by atoms with Crippen molar-refractivity contribution in [1.29, 1.82) is 0 Å². The molecule has 0 atom stereocenters. The molecule has 0 saturated heterocycles. The minimum atomic E-state index is -0.129. The summed E-state index contributed by atoms with van der Waals surface area (Å²) in [7, 11) is 0. The minimum absolute atomic E-state index is 0.129. The van der Waals surface area contributed by atoms with Crippen LogP contribution in [0.15, 0.2) is 41.0 Å². The van der Waals surface area contributed by atoms with Gasteiger partial charge in [-0.15, -0.1) is 0 Å². The fourth-order valence-corrected chi connectivity index (χ4v) is 1.83. The van der Waals surface area contributed by atoms with E-state index in [1.165, 1.54) is 0 Å². The molecule has 2 rings (SSSR count). The molecule has 3 nitrogen and oxygen atoms in total. The lowest BCUT2D eigenvalue weighted by molar-refractivity contribution is -0.116. The van der Waals surface area contributed by atoms with Crippen molar-refractivity contribution < 1.29 is 9.21 Å². The van der Waals surface area contributed by atoms with Gasteiger partial charge >= 0.3 is 0 Å². The third-order valence-electron chi connectivity index (χ3n) is 2.38. The normalized spacial score (nSPS) is 10.3. The first-order valence-corrected chi connectivity index (χ1v) is 6.18. The summed E-state index contributed by atoms with van der Waals surface area (Å²) in [5, 5.41) is 3.71. The lowest BCUT2D eigenvalue weighted by atomic mass is 10.2. The van der Waals surface area contributed by atoms with Gasteiger partial charge in [-0.25, -0.2) is 0 Å². The molecule has 1 amide bonds. The van der Waals surface area contributed by atoms with Gasteiger partial charge in [0.15, 0.2) is 0 Å². The standard InChI is InChI=1S/C13H11Cl2NO2/c14-9-3-5-11(15)12(8-9)16-13(17)6-4-10-2-1-7-18-10/h1-3,5,7-8H,4,6H2,(H,16,17). The Kier molecular flexibility index (Phi) is 4.28. The quantitative estimate of drug-likeness (QED) is 0.916. The van der Waals surface area contributed by atoms with E-state index >= 15 is 0 Å². The Labute approximate surface area is 115 Å². The van der Waals surface area contributed by atoms with E-state index in [9.17, 15) is 4.79 Å². The first-order chi connectivity index (χ1) is 8.65. The van der Waals surface area contributed by atoms with Gasteiger partial charge in [-0.1, -0.05) is 23.2 Å². The molecule has 5 heteroatoms. The second kappa shape index (κ2) is 5.94. The van der Waals surface area contributed by atoms with Crippen LogP contribution in [0.2, 0.25) is 10.0 Å². The molecule has 0 fully saturated rings. The summed E-state index contributed by atoms with van der Waals surface area (Å²) in [4.78, 5) is 11.7. The third kappa shape index (κ3) is 3.52. The van der Waals surface area contributed by atoms with Crippen LogP contribution in [0.3, 0.4) is 0 Å². The van der Waals surface area contributed by atoms with Crippen LogP contribution in [0.4, 0.5) is 5.69 Å². The van der Waals surface area contributed by atoms with Crippen molar-refractivity contribution in [1.82, 2.24) is 0 Å². The van der Waals surface area contributed by atoms with Gasteiger partial charge in [0.05, 0.1) is 17.0 Å². The first kappa shape index (κ1) is 13.0. The predicted octanol–water partition coefficient (Wildman–Crippen LogP) is 4.16. The number of rotatable bonds is 4. The van der Waals surface area contributed by atoms with Crippen LogP contribution in [0.5, 0.6) is 0 Å². The fraction of sp³-hybridized carbons (Fsp3) is 0.154. The number of nitrogens with one attached hydrogen (secondary N) is 1. The molecular formula is C13H11Cl2NO2. The fourth-order valence-electron chi connectivity index (χ4n) is 1.50. The van der Waals surface area contributed by atoms with E-state index in [1.54, 1.807) is 30.5 Å². The number of benzene rings is 1. The average molecular weight is 284 g/mol. The molecule has 0 aliphatic carbocycles. The molecule has 0 bridgehead atoms. The molecule has 1 N–H and O–H groups in total. The van der Waals surface area contributed by atoms with Gasteiger partial charge in [-0.05, 0) is 30.3 Å². The Morgan fingerprint density at radius 2 is 2.11 bits per heavy atom. The summed E-state index contributed by atoms with van der Waals surface area (Å²) in [5.41, 5.74) is 0.522. The van der Waals surface area contributed by atoms with Gasteiger partial charge in [-0.2, -0.15) is 0 Å². The van der Waals surface area contributed by atoms with Crippen LogP contribution in [-0.4, -0.2) is 5.91 Å². The molecule has 0 aliphatic rings. The smallest absolute Gasteiger partial charge is 0.224 e. The summed E-state index contributed by atoms with van der Waals surface area (Å²) in [5.74, 6) is 0.651. The number of carbonyl (C=O) groups is 1. The zero-order chi connectivity index (χ0) is 13.0. The Bertz CT molecular complexity index is 538. The summed E-state index contributed by atoms with van der Waals surface area (Å²) in [6.07, 6.45) is 2.47. The van der Waals surface area contributed by atoms with Crippen LogP contribution in [0.1, 0.15) is 12.2 Å². The number of aryl methyl sites for hydroxylation is 1. The zero-order valence-electron chi connectivity index (χ0n) is 9.45. The van der Waals surface area contributed by atoms with Crippen molar-refractivity contribution in [2.24, 2.45) is 0 Å². The maximum atomic E-state index is 11.7. The van der Waals surface area contributed by atoms with Crippen molar-refractivity contribution in [3.05, 3.63) is 52.4 Å². The molecule has 0 saturated carbocycles. The molecule has 1 heterocycles. The Hall–Kier alpha value is -1.45. The first-order valence-electron chi connectivity index (χ1n) is 5.42. The predicted molar refractivity (Wildman–Crippen MR) is 72.1 cm³/mol. The molecule has 18 heavy (non-hydrogen) atoms. The highest BCUT2D eigenvalue weighted by Gasteiger charge is 2.07. The second-order valence-electron chi connectivity index (χ2n) is 3.75. The lowest BCUT2D eigenvalue weighted by Gasteiger charge is -2.07. The van der Waals surface area contributed by atoms with Gasteiger partial charge in [0, 0.05) is 17.9 Å². The van der Waals surface area contributed by atoms with E-state index < -0.39 is 0 Å². The molecule has 0 spiro atoms.